The highest BCUT2D eigenvalue weighted by molar-refractivity contribution is 5.89. The third-order valence-electron chi connectivity index (χ3n) is 7.22. The number of anilines is 1. The normalized spacial score (nSPS) is 17.2. The highest BCUT2D eigenvalue weighted by Gasteiger charge is 2.49. The Labute approximate surface area is 233 Å². The highest BCUT2D eigenvalue weighted by atomic mass is 16.5. The molecule has 13 heteroatoms. The van der Waals surface area contributed by atoms with Gasteiger partial charge in [-0.05, 0) is 44.5 Å². The molecule has 0 bridgehead atoms. The Hall–Kier alpha value is -3.81. The van der Waals surface area contributed by atoms with E-state index < -0.39 is 16.6 Å². The maximum atomic E-state index is 12.7. The molecule has 0 atom stereocenters. The molecule has 3 amide bonds. The van der Waals surface area contributed by atoms with Gasteiger partial charge in [-0.2, -0.15) is 4.98 Å². The number of carbonyl (C=O) groups excluding carboxylic acids is 3. The van der Waals surface area contributed by atoms with Crippen molar-refractivity contribution in [3.8, 4) is 5.69 Å². The van der Waals surface area contributed by atoms with Crippen LogP contribution < -0.4 is 22.5 Å². The van der Waals surface area contributed by atoms with Crippen molar-refractivity contribution < 1.29 is 19.1 Å². The SMILES string of the molecule is CCOC(=O)C1(CN)CN(Cc2ccc(-n3ccc(NC(=O)N4CCN(C(=O)C(C)(C)N)CC4)nc3=O)cc2)C1. The standard InChI is InChI=1S/C27H38N8O5/c1-4-40-23(37)27(16-28)17-32(18-27)15-19-5-7-20(8-6-19)35-10-9-21(31-25(35)39)30-24(38)34-13-11-33(12-14-34)22(36)26(2,3)29/h5-10H,4,11-18,28-29H2,1-3H3,(H,30,31,38,39). The molecule has 40 heavy (non-hydrogen) atoms. The number of rotatable bonds is 8. The summed E-state index contributed by atoms with van der Waals surface area (Å²) in [5.74, 6) is -0.261. The first-order valence-corrected chi connectivity index (χ1v) is 13.4. The second kappa shape index (κ2) is 11.7. The molecule has 0 aliphatic carbocycles. The number of benzene rings is 1. The fraction of sp³-hybridized carbons (Fsp3) is 0.519. The van der Waals surface area contributed by atoms with Gasteiger partial charge in [-0.3, -0.25) is 24.4 Å². The van der Waals surface area contributed by atoms with Crippen molar-refractivity contribution in [2.45, 2.75) is 32.9 Å². The van der Waals surface area contributed by atoms with E-state index in [0.29, 0.717) is 58.1 Å². The van der Waals surface area contributed by atoms with Gasteiger partial charge in [0.1, 0.15) is 11.2 Å². The zero-order valence-corrected chi connectivity index (χ0v) is 23.3. The third-order valence-corrected chi connectivity index (χ3v) is 7.22. The summed E-state index contributed by atoms with van der Waals surface area (Å²) in [6.07, 6.45) is 1.56. The Kier molecular flexibility index (Phi) is 8.57. The number of hydrogen-bond donors (Lipinski definition) is 3. The summed E-state index contributed by atoms with van der Waals surface area (Å²) in [6.45, 7) is 8.88. The van der Waals surface area contributed by atoms with E-state index in [-0.39, 0.29) is 30.3 Å². The lowest BCUT2D eigenvalue weighted by Crippen LogP contribution is -2.63. The Morgan fingerprint density at radius 2 is 1.68 bits per heavy atom. The van der Waals surface area contributed by atoms with Crippen LogP contribution in [0.1, 0.15) is 26.3 Å². The van der Waals surface area contributed by atoms with Crippen LogP contribution >= 0.6 is 0 Å². The lowest BCUT2D eigenvalue weighted by molar-refractivity contribution is -0.166. The molecule has 2 aliphatic rings. The predicted octanol–water partition coefficient (Wildman–Crippen LogP) is -0.0303. The number of urea groups is 1. The number of esters is 1. The first-order valence-electron chi connectivity index (χ1n) is 13.4. The van der Waals surface area contributed by atoms with E-state index >= 15 is 0 Å². The van der Waals surface area contributed by atoms with Gasteiger partial charge in [0, 0.05) is 58.6 Å². The van der Waals surface area contributed by atoms with Crippen molar-refractivity contribution in [2.75, 3.05) is 57.7 Å². The van der Waals surface area contributed by atoms with Crippen LogP contribution in [0.3, 0.4) is 0 Å². The molecule has 2 aromatic rings. The fourth-order valence-electron chi connectivity index (χ4n) is 4.95. The minimum atomic E-state index is -0.962. The molecular weight excluding hydrogens is 516 g/mol. The Morgan fingerprint density at radius 3 is 2.23 bits per heavy atom. The quantitative estimate of drug-likeness (QED) is 0.379. The lowest BCUT2D eigenvalue weighted by Gasteiger charge is -2.47. The molecule has 2 saturated heterocycles. The van der Waals surface area contributed by atoms with Gasteiger partial charge in [0.25, 0.3) is 0 Å². The van der Waals surface area contributed by atoms with Gasteiger partial charge in [-0.25, -0.2) is 9.59 Å². The molecule has 3 heterocycles. The second-order valence-electron chi connectivity index (χ2n) is 10.9. The first kappa shape index (κ1) is 29.2. The first-order chi connectivity index (χ1) is 19.0. The topological polar surface area (TPSA) is 169 Å². The average Bonchev–Trinajstić information content (AvgIpc) is 2.90. The van der Waals surface area contributed by atoms with E-state index in [0.717, 1.165) is 5.56 Å². The van der Waals surface area contributed by atoms with Crippen molar-refractivity contribution in [1.29, 1.82) is 0 Å². The highest BCUT2D eigenvalue weighted by Crippen LogP contribution is 2.32. The van der Waals surface area contributed by atoms with Crippen LogP contribution in [0, 0.1) is 5.41 Å². The number of nitrogens with two attached hydrogens (primary N) is 2. The summed E-state index contributed by atoms with van der Waals surface area (Å²) in [7, 11) is 0. The summed E-state index contributed by atoms with van der Waals surface area (Å²) in [5, 5.41) is 2.66. The molecule has 2 fully saturated rings. The number of likely N-dealkylation sites (tertiary alicyclic amines) is 1. The van der Waals surface area contributed by atoms with Gasteiger partial charge >= 0.3 is 17.7 Å². The van der Waals surface area contributed by atoms with Gasteiger partial charge < -0.3 is 26.0 Å². The molecule has 1 aromatic carbocycles. The number of aromatic nitrogens is 2. The van der Waals surface area contributed by atoms with Crippen LogP contribution in [-0.2, 0) is 20.9 Å². The molecule has 0 spiro atoms. The number of piperazine rings is 1. The minimum Gasteiger partial charge on any atom is -0.465 e. The van der Waals surface area contributed by atoms with E-state index in [4.69, 9.17) is 16.2 Å². The van der Waals surface area contributed by atoms with E-state index in [1.165, 1.54) is 4.57 Å². The van der Waals surface area contributed by atoms with Gasteiger partial charge in [-0.1, -0.05) is 12.1 Å². The Bertz CT molecular complexity index is 1290. The van der Waals surface area contributed by atoms with E-state index in [9.17, 15) is 19.2 Å². The number of hydrogen-bond acceptors (Lipinski definition) is 9. The summed E-state index contributed by atoms with van der Waals surface area (Å²) in [6, 6.07) is 8.65. The van der Waals surface area contributed by atoms with Crippen LogP contribution in [0.5, 0.6) is 0 Å². The Balaban J connectivity index is 1.31. The van der Waals surface area contributed by atoms with Crippen LogP contribution in [0.2, 0.25) is 0 Å². The summed E-state index contributed by atoms with van der Waals surface area (Å²) in [5.41, 5.74) is 11.3. The summed E-state index contributed by atoms with van der Waals surface area (Å²) < 4.78 is 6.56. The van der Waals surface area contributed by atoms with Crippen LogP contribution in [0.15, 0.2) is 41.3 Å². The van der Waals surface area contributed by atoms with E-state index in [2.05, 4.69) is 15.2 Å². The number of amides is 3. The van der Waals surface area contributed by atoms with Crippen molar-refractivity contribution in [1.82, 2.24) is 24.3 Å². The zero-order valence-electron chi connectivity index (χ0n) is 23.3. The molecule has 4 rings (SSSR count). The number of nitrogens with zero attached hydrogens (tertiary/aromatic N) is 5. The van der Waals surface area contributed by atoms with E-state index in [1.54, 1.807) is 42.8 Å². The molecule has 0 saturated carbocycles. The van der Waals surface area contributed by atoms with E-state index in [1.807, 2.05) is 24.3 Å². The second-order valence-corrected chi connectivity index (χ2v) is 10.9. The molecule has 2 aliphatic heterocycles. The molecular formula is C27H38N8O5. The zero-order chi connectivity index (χ0) is 29.1. The van der Waals surface area contributed by atoms with Crippen LogP contribution in [0.25, 0.3) is 5.69 Å². The van der Waals surface area contributed by atoms with Crippen LogP contribution in [-0.4, -0.2) is 100 Å². The summed E-state index contributed by atoms with van der Waals surface area (Å²) >= 11 is 0. The van der Waals surface area contributed by atoms with Crippen molar-refractivity contribution >= 4 is 23.7 Å². The maximum absolute atomic E-state index is 12.7. The number of nitrogens with one attached hydrogen (secondary N) is 1. The van der Waals surface area contributed by atoms with Gasteiger partial charge in [0.05, 0.1) is 17.8 Å². The van der Waals surface area contributed by atoms with Crippen molar-refractivity contribution in [3.63, 3.8) is 0 Å². The summed E-state index contributed by atoms with van der Waals surface area (Å²) in [4.78, 5) is 59.3. The molecule has 1 aromatic heterocycles. The van der Waals surface area contributed by atoms with Crippen molar-refractivity contribution in [2.24, 2.45) is 16.9 Å². The molecule has 13 nitrogen and oxygen atoms in total. The van der Waals surface area contributed by atoms with Gasteiger partial charge in [-0.15, -0.1) is 0 Å². The molecule has 0 unspecified atom stereocenters. The maximum Gasteiger partial charge on any atom is 0.354 e. The third kappa shape index (κ3) is 6.32. The predicted molar refractivity (Wildman–Crippen MR) is 149 cm³/mol. The van der Waals surface area contributed by atoms with Gasteiger partial charge in [0.2, 0.25) is 5.91 Å². The largest absolute Gasteiger partial charge is 0.465 e. The minimum absolute atomic E-state index is 0.146. The number of carbonyl (C=O) groups is 3. The number of ether oxygens (including phenoxy) is 1. The Morgan fingerprint density at radius 1 is 1.05 bits per heavy atom. The van der Waals surface area contributed by atoms with Crippen molar-refractivity contribution in [3.05, 3.63) is 52.6 Å². The smallest absolute Gasteiger partial charge is 0.354 e. The molecule has 5 N–H and O–H groups in total. The lowest BCUT2D eigenvalue weighted by atomic mass is 9.79. The monoisotopic (exact) mass is 554 g/mol. The van der Waals surface area contributed by atoms with Gasteiger partial charge in [0.15, 0.2) is 0 Å². The average molecular weight is 555 g/mol. The molecule has 0 radical (unpaired) electrons. The molecule has 216 valence electrons. The fourth-order valence-corrected chi connectivity index (χ4v) is 4.95. The van der Waals surface area contributed by atoms with Crippen LogP contribution in [0.4, 0.5) is 10.6 Å².